The molecule has 0 bridgehead atoms. The molecule has 3 heterocycles. The molecule has 0 spiro atoms. The second-order valence-corrected chi connectivity index (χ2v) is 15.2. The second-order valence-electron chi connectivity index (χ2n) is 12.0. The average Bonchev–Trinajstić information content (AvgIpc) is 3.85. The van der Waals surface area contributed by atoms with Crippen LogP contribution in [-0.4, -0.2) is 4.98 Å². The van der Waals surface area contributed by atoms with Crippen LogP contribution >= 0.6 is 34.0 Å². The van der Waals surface area contributed by atoms with Crippen molar-refractivity contribution in [3.63, 3.8) is 0 Å². The molecule has 0 saturated heterocycles. The van der Waals surface area contributed by atoms with Crippen molar-refractivity contribution in [1.82, 2.24) is 4.98 Å². The summed E-state index contributed by atoms with van der Waals surface area (Å²) in [5, 5.41) is 6.20. The minimum absolute atomic E-state index is 1.06. The fourth-order valence-corrected chi connectivity index (χ4v) is 10.1. The van der Waals surface area contributed by atoms with E-state index in [-0.39, 0.29) is 0 Å². The first-order valence-corrected chi connectivity index (χ1v) is 18.4. The standard InChI is InChI=1S/C43H26N2S3/c1-3-10-27(11-4-1)29-14-9-15-30(24-29)45(31-18-20-34-33-16-7-8-17-36(33)46-39(34)25-31)32-19-21-35-40(26-32)47-37-22-23-38-42(41(35)37)44-43(48-38)28-12-5-2-6-13-28/h1-26H. The van der Waals surface area contributed by atoms with Gasteiger partial charge in [0.05, 0.1) is 10.2 Å². The number of hydrogen-bond donors (Lipinski definition) is 0. The number of thiophene rings is 2. The normalized spacial score (nSPS) is 11.8. The lowest BCUT2D eigenvalue weighted by Gasteiger charge is -2.26. The molecule has 0 aliphatic carbocycles. The van der Waals surface area contributed by atoms with Gasteiger partial charge in [0.1, 0.15) is 5.01 Å². The molecule has 2 nitrogen and oxygen atoms in total. The summed E-state index contributed by atoms with van der Waals surface area (Å²) in [4.78, 5) is 7.60. The molecule has 48 heavy (non-hydrogen) atoms. The van der Waals surface area contributed by atoms with Crippen molar-refractivity contribution in [2.75, 3.05) is 4.90 Å². The number of nitrogens with zero attached hydrogens (tertiary/aromatic N) is 2. The maximum atomic E-state index is 5.19. The molecule has 7 aromatic carbocycles. The zero-order valence-corrected chi connectivity index (χ0v) is 28.1. The lowest BCUT2D eigenvalue weighted by atomic mass is 10.0. The van der Waals surface area contributed by atoms with Crippen molar-refractivity contribution in [3.8, 4) is 21.7 Å². The first-order valence-electron chi connectivity index (χ1n) is 15.9. The Kier molecular flexibility index (Phi) is 6.44. The van der Waals surface area contributed by atoms with E-state index in [1.165, 1.54) is 56.2 Å². The Bertz CT molecular complexity index is 2790. The Hall–Kier alpha value is -5.33. The van der Waals surface area contributed by atoms with Gasteiger partial charge in [-0.05, 0) is 65.7 Å². The Morgan fingerprint density at radius 1 is 0.375 bits per heavy atom. The van der Waals surface area contributed by atoms with E-state index in [0.29, 0.717) is 0 Å². The van der Waals surface area contributed by atoms with Gasteiger partial charge in [-0.25, -0.2) is 4.98 Å². The number of rotatable bonds is 5. The molecule has 226 valence electrons. The zero-order valence-electron chi connectivity index (χ0n) is 25.6. The van der Waals surface area contributed by atoms with Crippen molar-refractivity contribution in [3.05, 3.63) is 158 Å². The molecule has 5 heteroatoms. The summed E-state index contributed by atoms with van der Waals surface area (Å²) >= 11 is 5.48. The summed E-state index contributed by atoms with van der Waals surface area (Å²) in [6.45, 7) is 0. The van der Waals surface area contributed by atoms with Gasteiger partial charge in [-0.2, -0.15) is 0 Å². The Morgan fingerprint density at radius 3 is 1.79 bits per heavy atom. The highest BCUT2D eigenvalue weighted by Gasteiger charge is 2.19. The first-order chi connectivity index (χ1) is 23.8. The van der Waals surface area contributed by atoms with Crippen LogP contribution < -0.4 is 4.90 Å². The van der Waals surface area contributed by atoms with Crippen LogP contribution in [-0.2, 0) is 0 Å². The third-order valence-electron chi connectivity index (χ3n) is 9.09. The highest BCUT2D eigenvalue weighted by atomic mass is 32.1. The Balaban J connectivity index is 1.16. The van der Waals surface area contributed by atoms with Crippen LogP contribution in [0.3, 0.4) is 0 Å². The summed E-state index contributed by atoms with van der Waals surface area (Å²) in [5.41, 5.74) is 8.08. The van der Waals surface area contributed by atoms with E-state index in [1.807, 2.05) is 22.7 Å². The fraction of sp³-hybridized carbons (Fsp3) is 0. The summed E-state index contributed by atoms with van der Waals surface area (Å²) in [6.07, 6.45) is 0. The van der Waals surface area contributed by atoms with Crippen LogP contribution in [0, 0.1) is 0 Å². The molecule has 0 atom stereocenters. The maximum absolute atomic E-state index is 5.19. The van der Waals surface area contributed by atoms with Gasteiger partial charge in [-0.15, -0.1) is 34.0 Å². The molecule has 0 aliphatic rings. The van der Waals surface area contributed by atoms with Crippen LogP contribution in [0.5, 0.6) is 0 Å². The van der Waals surface area contributed by atoms with Gasteiger partial charge in [-0.1, -0.05) is 103 Å². The average molecular weight is 667 g/mol. The number of hydrogen-bond acceptors (Lipinski definition) is 5. The predicted molar refractivity (Wildman–Crippen MR) is 211 cm³/mol. The molecule has 0 fully saturated rings. The summed E-state index contributed by atoms with van der Waals surface area (Å²) in [6, 6.07) is 57.1. The topological polar surface area (TPSA) is 16.1 Å². The molecule has 0 amide bonds. The van der Waals surface area contributed by atoms with Gasteiger partial charge < -0.3 is 4.90 Å². The molecular weight excluding hydrogens is 641 g/mol. The van der Waals surface area contributed by atoms with E-state index in [0.717, 1.165) is 33.1 Å². The number of thiazole rings is 1. The summed E-state index contributed by atoms with van der Waals surface area (Å²) in [7, 11) is 0. The molecule has 10 aromatic rings. The van der Waals surface area contributed by atoms with E-state index in [1.54, 1.807) is 11.3 Å². The second kappa shape index (κ2) is 11.1. The van der Waals surface area contributed by atoms with Crippen molar-refractivity contribution < 1.29 is 0 Å². The monoisotopic (exact) mass is 666 g/mol. The highest BCUT2D eigenvalue weighted by Crippen LogP contribution is 2.46. The van der Waals surface area contributed by atoms with Crippen LogP contribution in [0.2, 0.25) is 0 Å². The van der Waals surface area contributed by atoms with E-state index < -0.39 is 0 Å². The van der Waals surface area contributed by atoms with Crippen LogP contribution in [0.4, 0.5) is 17.1 Å². The number of aromatic nitrogens is 1. The third-order valence-corrected chi connectivity index (χ3v) is 12.4. The molecule has 0 radical (unpaired) electrons. The van der Waals surface area contributed by atoms with Gasteiger partial charge in [0.15, 0.2) is 0 Å². The van der Waals surface area contributed by atoms with Crippen molar-refractivity contribution >= 4 is 102 Å². The van der Waals surface area contributed by atoms with Crippen molar-refractivity contribution in [1.29, 1.82) is 0 Å². The highest BCUT2D eigenvalue weighted by molar-refractivity contribution is 7.27. The van der Waals surface area contributed by atoms with Gasteiger partial charge in [0.25, 0.3) is 0 Å². The zero-order chi connectivity index (χ0) is 31.6. The van der Waals surface area contributed by atoms with Gasteiger partial charge in [0.2, 0.25) is 0 Å². The number of fused-ring (bicyclic) bond motifs is 8. The third kappa shape index (κ3) is 4.54. The quantitative estimate of drug-likeness (QED) is 0.182. The van der Waals surface area contributed by atoms with Crippen molar-refractivity contribution in [2.24, 2.45) is 0 Å². The van der Waals surface area contributed by atoms with E-state index >= 15 is 0 Å². The van der Waals surface area contributed by atoms with Crippen LogP contribution in [0.15, 0.2) is 158 Å². The molecule has 0 unspecified atom stereocenters. The molecule has 0 saturated carbocycles. The molecule has 0 N–H and O–H groups in total. The Labute approximate surface area is 289 Å². The Morgan fingerprint density at radius 2 is 0.979 bits per heavy atom. The van der Waals surface area contributed by atoms with E-state index in [2.05, 4.69) is 163 Å². The minimum atomic E-state index is 1.06. The lowest BCUT2D eigenvalue weighted by molar-refractivity contribution is 1.30. The van der Waals surface area contributed by atoms with Crippen molar-refractivity contribution in [2.45, 2.75) is 0 Å². The number of anilines is 3. The maximum Gasteiger partial charge on any atom is 0.124 e. The fourth-order valence-electron chi connectivity index (χ4n) is 6.84. The summed E-state index contributed by atoms with van der Waals surface area (Å²) in [5.74, 6) is 0. The molecule has 10 rings (SSSR count). The largest absolute Gasteiger partial charge is 0.310 e. The van der Waals surface area contributed by atoms with Gasteiger partial charge in [-0.3, -0.25) is 0 Å². The SMILES string of the molecule is c1ccc(-c2cccc(N(c3ccc4c(c3)sc3ccccc34)c3ccc4c(c3)sc3ccc5sc(-c6ccccc6)nc5c34)c2)cc1. The lowest BCUT2D eigenvalue weighted by Crippen LogP contribution is -2.09. The number of benzene rings is 7. The van der Waals surface area contributed by atoms with Crippen LogP contribution in [0.25, 0.3) is 72.3 Å². The van der Waals surface area contributed by atoms with Gasteiger partial charge >= 0.3 is 0 Å². The van der Waals surface area contributed by atoms with E-state index in [4.69, 9.17) is 4.98 Å². The van der Waals surface area contributed by atoms with Gasteiger partial charge in [0, 0.05) is 63.0 Å². The molecule has 3 aromatic heterocycles. The van der Waals surface area contributed by atoms with Crippen LogP contribution in [0.1, 0.15) is 0 Å². The minimum Gasteiger partial charge on any atom is -0.310 e. The van der Waals surface area contributed by atoms with E-state index in [9.17, 15) is 0 Å². The predicted octanol–water partition coefficient (Wildman–Crippen LogP) is 13.8. The summed E-state index contributed by atoms with van der Waals surface area (Å²) < 4.78 is 6.36. The molecular formula is C43H26N2S3. The first kappa shape index (κ1) is 27.8. The molecule has 0 aliphatic heterocycles. The smallest absolute Gasteiger partial charge is 0.124 e.